The molecule has 82 valence electrons. The molecule has 0 atom stereocenters. The lowest BCUT2D eigenvalue weighted by Crippen LogP contribution is -2.27. The zero-order valence-corrected chi connectivity index (χ0v) is 8.91. The van der Waals surface area contributed by atoms with Crippen LogP contribution < -0.4 is 0 Å². The predicted molar refractivity (Wildman–Crippen MR) is 55.7 cm³/mol. The van der Waals surface area contributed by atoms with Crippen molar-refractivity contribution in [2.24, 2.45) is 0 Å². The molecule has 2 saturated carbocycles. The van der Waals surface area contributed by atoms with Crippen LogP contribution in [0, 0.1) is 0 Å². The van der Waals surface area contributed by atoms with Crippen LogP contribution in [0.3, 0.4) is 0 Å². The van der Waals surface area contributed by atoms with E-state index >= 15 is 0 Å². The van der Waals surface area contributed by atoms with Gasteiger partial charge in [0, 0.05) is 17.4 Å². The highest BCUT2D eigenvalue weighted by Gasteiger charge is 2.39. The average molecular weight is 207 g/mol. The fourth-order valence-electron chi connectivity index (χ4n) is 2.65. The summed E-state index contributed by atoms with van der Waals surface area (Å²) < 4.78 is 5.37. The summed E-state index contributed by atoms with van der Waals surface area (Å²) in [5.41, 5.74) is 0.904. The highest BCUT2D eigenvalue weighted by atomic mass is 16.5. The fraction of sp³-hybridized carbons (Fsp3) is 0.750. The van der Waals surface area contributed by atoms with Crippen LogP contribution >= 0.6 is 0 Å². The van der Waals surface area contributed by atoms with Crippen molar-refractivity contribution in [1.29, 1.82) is 0 Å². The number of rotatable bonds is 3. The minimum absolute atomic E-state index is 0.0867. The van der Waals surface area contributed by atoms with E-state index < -0.39 is 0 Å². The Labute approximate surface area is 89.5 Å². The summed E-state index contributed by atoms with van der Waals surface area (Å²) >= 11 is 0. The Kier molecular flexibility index (Phi) is 2.09. The normalized spacial score (nSPS) is 24.6. The molecule has 0 spiro atoms. The van der Waals surface area contributed by atoms with E-state index in [1.165, 1.54) is 25.7 Å². The van der Waals surface area contributed by atoms with E-state index in [0.717, 1.165) is 24.3 Å². The van der Waals surface area contributed by atoms with Crippen molar-refractivity contribution in [3.63, 3.8) is 0 Å². The number of aliphatic hydroxyl groups excluding tert-OH is 1. The van der Waals surface area contributed by atoms with Gasteiger partial charge < -0.3 is 9.63 Å². The predicted octanol–water partition coefficient (Wildman–Crippen LogP) is 2.36. The molecule has 0 aromatic carbocycles. The van der Waals surface area contributed by atoms with E-state index in [1.807, 2.05) is 0 Å². The molecule has 1 aromatic heterocycles. The van der Waals surface area contributed by atoms with Gasteiger partial charge in [0.1, 0.15) is 5.76 Å². The Morgan fingerprint density at radius 3 is 2.73 bits per heavy atom. The van der Waals surface area contributed by atoms with Crippen molar-refractivity contribution in [2.45, 2.75) is 49.9 Å². The van der Waals surface area contributed by atoms with Crippen LogP contribution in [0.1, 0.15) is 55.9 Å². The summed E-state index contributed by atoms with van der Waals surface area (Å²) in [6, 6.07) is 2.08. The van der Waals surface area contributed by atoms with E-state index in [4.69, 9.17) is 4.52 Å². The van der Waals surface area contributed by atoms with Crippen LogP contribution in [0.2, 0.25) is 0 Å². The van der Waals surface area contributed by atoms with Crippen molar-refractivity contribution in [3.8, 4) is 0 Å². The van der Waals surface area contributed by atoms with Gasteiger partial charge in [-0.1, -0.05) is 18.0 Å². The summed E-state index contributed by atoms with van der Waals surface area (Å²) in [4.78, 5) is 0. The number of hydrogen-bond donors (Lipinski definition) is 1. The molecule has 2 aliphatic carbocycles. The third-order valence-electron chi connectivity index (χ3n) is 3.91. The molecule has 3 nitrogen and oxygen atoms in total. The molecule has 0 aliphatic heterocycles. The molecule has 2 fully saturated rings. The number of hydrogen-bond acceptors (Lipinski definition) is 3. The van der Waals surface area contributed by atoms with Gasteiger partial charge in [-0.15, -0.1) is 0 Å². The monoisotopic (exact) mass is 207 g/mol. The highest BCUT2D eigenvalue weighted by molar-refractivity contribution is 5.23. The minimum atomic E-state index is -0.0867. The Balaban J connectivity index is 1.88. The molecule has 0 radical (unpaired) electrons. The second-order valence-electron chi connectivity index (χ2n) is 5.03. The van der Waals surface area contributed by atoms with Crippen LogP contribution in [0.15, 0.2) is 10.6 Å². The van der Waals surface area contributed by atoms with Crippen molar-refractivity contribution in [1.82, 2.24) is 5.16 Å². The van der Waals surface area contributed by atoms with Crippen molar-refractivity contribution < 1.29 is 9.63 Å². The molecule has 1 heterocycles. The van der Waals surface area contributed by atoms with Gasteiger partial charge in [-0.3, -0.25) is 0 Å². The van der Waals surface area contributed by atoms with Gasteiger partial charge in [0.05, 0.1) is 12.3 Å². The van der Waals surface area contributed by atoms with E-state index in [9.17, 15) is 5.11 Å². The first-order chi connectivity index (χ1) is 7.34. The Hall–Kier alpha value is -0.830. The molecule has 3 heteroatoms. The molecule has 0 saturated heterocycles. The molecule has 0 bridgehead atoms. The first kappa shape index (κ1) is 9.40. The molecule has 2 aliphatic rings. The quantitative estimate of drug-likeness (QED) is 0.827. The summed E-state index contributed by atoms with van der Waals surface area (Å²) in [7, 11) is 0. The molecule has 15 heavy (non-hydrogen) atoms. The first-order valence-corrected chi connectivity index (χ1v) is 5.92. The smallest absolute Gasteiger partial charge is 0.140 e. The Bertz CT molecular complexity index is 348. The maximum absolute atomic E-state index is 9.55. The zero-order chi connectivity index (χ0) is 10.3. The van der Waals surface area contributed by atoms with Gasteiger partial charge in [-0.25, -0.2) is 0 Å². The second-order valence-corrected chi connectivity index (χ2v) is 5.03. The second kappa shape index (κ2) is 3.34. The summed E-state index contributed by atoms with van der Waals surface area (Å²) in [5, 5.41) is 13.7. The van der Waals surface area contributed by atoms with Crippen LogP contribution in [0.4, 0.5) is 0 Å². The van der Waals surface area contributed by atoms with E-state index in [-0.39, 0.29) is 12.0 Å². The SMILES string of the molecule is OCC1(c2cc(C3CC3)on2)CCCC1. The van der Waals surface area contributed by atoms with E-state index in [0.29, 0.717) is 5.92 Å². The highest BCUT2D eigenvalue weighted by Crippen LogP contribution is 2.44. The van der Waals surface area contributed by atoms with Crippen LogP contribution in [-0.2, 0) is 5.41 Å². The van der Waals surface area contributed by atoms with E-state index in [2.05, 4.69) is 11.2 Å². The number of nitrogens with zero attached hydrogens (tertiary/aromatic N) is 1. The lowest BCUT2D eigenvalue weighted by Gasteiger charge is -2.22. The van der Waals surface area contributed by atoms with Crippen molar-refractivity contribution in [3.05, 3.63) is 17.5 Å². The average Bonchev–Trinajstić information content (AvgIpc) is 2.84. The van der Waals surface area contributed by atoms with Gasteiger partial charge in [-0.2, -0.15) is 0 Å². The van der Waals surface area contributed by atoms with Crippen molar-refractivity contribution in [2.75, 3.05) is 6.61 Å². The summed E-state index contributed by atoms with van der Waals surface area (Å²) in [6.07, 6.45) is 6.99. The molecule has 1 aromatic rings. The third-order valence-corrected chi connectivity index (χ3v) is 3.91. The third kappa shape index (κ3) is 1.49. The molecule has 0 unspecified atom stereocenters. The van der Waals surface area contributed by atoms with Crippen LogP contribution in [0.25, 0.3) is 0 Å². The Morgan fingerprint density at radius 2 is 2.13 bits per heavy atom. The first-order valence-electron chi connectivity index (χ1n) is 5.92. The lowest BCUT2D eigenvalue weighted by atomic mass is 9.83. The standard InChI is InChI=1S/C12H17NO2/c14-8-12(5-1-2-6-12)11-7-10(15-13-11)9-3-4-9/h7,9,14H,1-6,8H2. The number of aliphatic hydroxyl groups is 1. The molecule has 1 N–H and O–H groups in total. The van der Waals surface area contributed by atoms with Crippen LogP contribution in [0.5, 0.6) is 0 Å². The summed E-state index contributed by atoms with van der Waals surface area (Å²) in [5.74, 6) is 1.65. The maximum Gasteiger partial charge on any atom is 0.140 e. The van der Waals surface area contributed by atoms with Crippen molar-refractivity contribution >= 4 is 0 Å². The molecular weight excluding hydrogens is 190 g/mol. The molecular formula is C12H17NO2. The van der Waals surface area contributed by atoms with E-state index in [1.54, 1.807) is 0 Å². The zero-order valence-electron chi connectivity index (χ0n) is 8.91. The molecule has 0 amide bonds. The maximum atomic E-state index is 9.55. The summed E-state index contributed by atoms with van der Waals surface area (Å²) in [6.45, 7) is 0.212. The van der Waals surface area contributed by atoms with Gasteiger partial charge in [0.25, 0.3) is 0 Å². The number of aromatic nitrogens is 1. The van der Waals surface area contributed by atoms with Gasteiger partial charge in [0.15, 0.2) is 0 Å². The largest absolute Gasteiger partial charge is 0.395 e. The topological polar surface area (TPSA) is 46.3 Å². The van der Waals surface area contributed by atoms with Gasteiger partial charge >= 0.3 is 0 Å². The van der Waals surface area contributed by atoms with Crippen LogP contribution in [-0.4, -0.2) is 16.9 Å². The van der Waals surface area contributed by atoms with Gasteiger partial charge in [-0.05, 0) is 25.7 Å². The Morgan fingerprint density at radius 1 is 1.40 bits per heavy atom. The van der Waals surface area contributed by atoms with Gasteiger partial charge in [0.2, 0.25) is 0 Å². The molecule has 3 rings (SSSR count). The fourth-order valence-corrected chi connectivity index (χ4v) is 2.65. The lowest BCUT2D eigenvalue weighted by molar-refractivity contribution is 0.187. The minimum Gasteiger partial charge on any atom is -0.395 e.